The van der Waals surface area contributed by atoms with Crippen LogP contribution in [0.1, 0.15) is 37.7 Å². The van der Waals surface area contributed by atoms with Gasteiger partial charge in [-0.15, -0.1) is 0 Å². The molecule has 1 saturated heterocycles. The Morgan fingerprint density at radius 1 is 1.03 bits per heavy atom. The van der Waals surface area contributed by atoms with Crippen molar-refractivity contribution in [1.29, 1.82) is 0 Å². The maximum Gasteiger partial charge on any atom is 0.410 e. The molecule has 1 aliphatic heterocycles. The van der Waals surface area contributed by atoms with Crippen molar-refractivity contribution in [2.75, 3.05) is 18.8 Å². The number of aromatic nitrogens is 2. The predicted octanol–water partition coefficient (Wildman–Crippen LogP) is 4.26. The fraction of sp³-hybridized carbons (Fsp3) is 0.308. The van der Waals surface area contributed by atoms with Gasteiger partial charge in [0.05, 0.1) is 5.56 Å². The number of nitrogen functional groups attached to an aromatic ring is 1. The largest absolute Gasteiger partial charge is 0.457 e. The van der Waals surface area contributed by atoms with E-state index in [0.717, 1.165) is 5.75 Å². The van der Waals surface area contributed by atoms with Crippen molar-refractivity contribution < 1.29 is 19.1 Å². The molecule has 35 heavy (non-hydrogen) atoms. The summed E-state index contributed by atoms with van der Waals surface area (Å²) < 4.78 is 11.3. The van der Waals surface area contributed by atoms with E-state index in [-0.39, 0.29) is 29.6 Å². The van der Waals surface area contributed by atoms with Crippen molar-refractivity contribution in [3.8, 4) is 22.6 Å². The maximum absolute atomic E-state index is 13.1. The number of hydrogen-bond donors (Lipinski definition) is 2. The smallest absolute Gasteiger partial charge is 0.410 e. The summed E-state index contributed by atoms with van der Waals surface area (Å²) in [4.78, 5) is 35.4. The summed E-state index contributed by atoms with van der Waals surface area (Å²) in [5.41, 5.74) is 6.88. The lowest BCUT2D eigenvalue weighted by atomic mass is 10.0. The quantitative estimate of drug-likeness (QED) is 0.566. The average molecular weight is 476 g/mol. The van der Waals surface area contributed by atoms with Crippen molar-refractivity contribution in [3.63, 3.8) is 0 Å². The highest BCUT2D eigenvalue weighted by atomic mass is 16.6. The first-order valence-corrected chi connectivity index (χ1v) is 11.4. The number of nitrogens with zero attached hydrogens (tertiary/aromatic N) is 3. The SMILES string of the molecule is CC(C)(C)OC(=O)N1CCC(NC(=O)c2ncnc(N)c2-c2ccc(Oc3ccccc3)cc2)C1. The number of carbonyl (C=O) groups is 2. The number of amides is 2. The highest BCUT2D eigenvalue weighted by Gasteiger charge is 2.31. The molecule has 0 radical (unpaired) electrons. The number of rotatable bonds is 5. The highest BCUT2D eigenvalue weighted by Crippen LogP contribution is 2.30. The Balaban J connectivity index is 1.47. The molecule has 0 aliphatic carbocycles. The molecule has 2 heterocycles. The van der Waals surface area contributed by atoms with E-state index < -0.39 is 5.60 Å². The van der Waals surface area contributed by atoms with Gasteiger partial charge in [0.25, 0.3) is 5.91 Å². The van der Waals surface area contributed by atoms with Crippen LogP contribution in [-0.4, -0.2) is 51.6 Å². The summed E-state index contributed by atoms with van der Waals surface area (Å²) in [5.74, 6) is 1.19. The molecule has 1 aliphatic rings. The van der Waals surface area contributed by atoms with Crippen molar-refractivity contribution in [2.45, 2.75) is 38.8 Å². The molecule has 182 valence electrons. The molecule has 2 aromatic carbocycles. The van der Waals surface area contributed by atoms with E-state index in [9.17, 15) is 9.59 Å². The summed E-state index contributed by atoms with van der Waals surface area (Å²) in [6, 6.07) is 16.4. The van der Waals surface area contributed by atoms with E-state index in [1.807, 2.05) is 63.2 Å². The third-order valence-electron chi connectivity index (χ3n) is 5.39. The summed E-state index contributed by atoms with van der Waals surface area (Å²) in [5, 5.41) is 2.97. The van der Waals surface area contributed by atoms with Crippen LogP contribution < -0.4 is 15.8 Å². The molecule has 3 N–H and O–H groups in total. The molecule has 1 aromatic heterocycles. The Morgan fingerprint density at radius 2 is 1.71 bits per heavy atom. The van der Waals surface area contributed by atoms with Crippen molar-refractivity contribution in [1.82, 2.24) is 20.2 Å². The number of carbonyl (C=O) groups excluding carboxylic acids is 2. The Morgan fingerprint density at radius 3 is 2.40 bits per heavy atom. The standard InChI is InChI=1S/C26H29N5O4/c1-26(2,3)35-25(33)31-14-13-18(15-31)30-24(32)22-21(23(27)29-16-28-22)17-9-11-20(12-10-17)34-19-7-5-4-6-8-19/h4-12,16,18H,13-15H2,1-3H3,(H,30,32)(H2,27,28,29). The van der Waals surface area contributed by atoms with Gasteiger partial charge in [-0.05, 0) is 57.0 Å². The molecular formula is C26H29N5O4. The van der Waals surface area contributed by atoms with Crippen LogP contribution >= 0.6 is 0 Å². The van der Waals surface area contributed by atoms with Crippen LogP contribution in [0.15, 0.2) is 60.9 Å². The molecular weight excluding hydrogens is 446 g/mol. The molecule has 2 amide bonds. The molecule has 3 aromatic rings. The van der Waals surface area contributed by atoms with Crippen LogP contribution in [0.3, 0.4) is 0 Å². The van der Waals surface area contributed by atoms with E-state index in [2.05, 4.69) is 15.3 Å². The number of benzene rings is 2. The van der Waals surface area contributed by atoms with Gasteiger partial charge in [-0.25, -0.2) is 14.8 Å². The van der Waals surface area contributed by atoms with Crippen LogP contribution in [0.5, 0.6) is 11.5 Å². The average Bonchev–Trinajstić information content (AvgIpc) is 3.28. The summed E-state index contributed by atoms with van der Waals surface area (Å²) in [6.07, 6.45) is 1.49. The molecule has 0 saturated carbocycles. The second-order valence-corrected chi connectivity index (χ2v) is 9.31. The predicted molar refractivity (Wildman–Crippen MR) is 132 cm³/mol. The Labute approximate surface area is 204 Å². The number of ether oxygens (including phenoxy) is 2. The Kier molecular flexibility index (Phi) is 6.86. The highest BCUT2D eigenvalue weighted by molar-refractivity contribution is 6.01. The summed E-state index contributed by atoms with van der Waals surface area (Å²) in [6.45, 7) is 6.33. The molecule has 0 bridgehead atoms. The van der Waals surface area contributed by atoms with Crippen molar-refractivity contribution in [3.05, 3.63) is 66.6 Å². The van der Waals surface area contributed by atoms with Gasteiger partial charge in [0.15, 0.2) is 0 Å². The molecule has 1 fully saturated rings. The molecule has 1 atom stereocenters. The normalized spacial score (nSPS) is 15.5. The van der Waals surface area contributed by atoms with E-state index >= 15 is 0 Å². The van der Waals surface area contributed by atoms with E-state index in [4.69, 9.17) is 15.2 Å². The Bertz CT molecular complexity index is 1190. The van der Waals surface area contributed by atoms with Gasteiger partial charge >= 0.3 is 6.09 Å². The minimum atomic E-state index is -0.576. The van der Waals surface area contributed by atoms with Crippen LogP contribution in [0.25, 0.3) is 11.1 Å². The summed E-state index contributed by atoms with van der Waals surface area (Å²) in [7, 11) is 0. The van der Waals surface area contributed by atoms with Crippen molar-refractivity contribution in [2.24, 2.45) is 0 Å². The van der Waals surface area contributed by atoms with Gasteiger partial charge in [0.2, 0.25) is 0 Å². The lowest BCUT2D eigenvalue weighted by Crippen LogP contribution is -2.40. The molecule has 1 unspecified atom stereocenters. The van der Waals surface area contributed by atoms with Gasteiger partial charge < -0.3 is 25.4 Å². The lowest BCUT2D eigenvalue weighted by molar-refractivity contribution is 0.0290. The number of para-hydroxylation sites is 1. The second kappa shape index (κ2) is 10.0. The number of nitrogens with one attached hydrogen (secondary N) is 1. The van der Waals surface area contributed by atoms with Crippen LogP contribution in [0, 0.1) is 0 Å². The van der Waals surface area contributed by atoms with Gasteiger partial charge in [-0.2, -0.15) is 0 Å². The van der Waals surface area contributed by atoms with E-state index in [1.165, 1.54) is 6.33 Å². The van der Waals surface area contributed by atoms with Crippen LogP contribution in [0.2, 0.25) is 0 Å². The zero-order chi connectivity index (χ0) is 25.0. The van der Waals surface area contributed by atoms with Crippen LogP contribution in [-0.2, 0) is 4.74 Å². The summed E-state index contributed by atoms with van der Waals surface area (Å²) >= 11 is 0. The van der Waals surface area contributed by atoms with Crippen LogP contribution in [0.4, 0.5) is 10.6 Å². The monoisotopic (exact) mass is 475 g/mol. The fourth-order valence-electron chi connectivity index (χ4n) is 3.79. The third kappa shape index (κ3) is 6.06. The third-order valence-corrected chi connectivity index (χ3v) is 5.39. The maximum atomic E-state index is 13.1. The zero-order valence-corrected chi connectivity index (χ0v) is 20.0. The fourth-order valence-corrected chi connectivity index (χ4v) is 3.79. The number of likely N-dealkylation sites (tertiary alicyclic amines) is 1. The second-order valence-electron chi connectivity index (χ2n) is 9.31. The first kappa shape index (κ1) is 24.0. The first-order valence-electron chi connectivity index (χ1n) is 11.4. The van der Waals surface area contributed by atoms with Gasteiger partial charge in [-0.1, -0.05) is 30.3 Å². The molecule has 9 heteroatoms. The van der Waals surface area contributed by atoms with Gasteiger partial charge in [0, 0.05) is 19.1 Å². The topological polar surface area (TPSA) is 120 Å². The minimum absolute atomic E-state index is 0.171. The molecule has 4 rings (SSSR count). The van der Waals surface area contributed by atoms with E-state index in [0.29, 0.717) is 36.4 Å². The molecule has 0 spiro atoms. The number of nitrogens with two attached hydrogens (primary N) is 1. The van der Waals surface area contributed by atoms with Gasteiger partial charge in [0.1, 0.15) is 34.9 Å². The van der Waals surface area contributed by atoms with Crippen molar-refractivity contribution >= 4 is 17.8 Å². The van der Waals surface area contributed by atoms with E-state index in [1.54, 1.807) is 17.0 Å². The first-order chi connectivity index (χ1) is 16.7. The minimum Gasteiger partial charge on any atom is -0.457 e. The number of anilines is 1. The zero-order valence-electron chi connectivity index (χ0n) is 20.0. The molecule has 9 nitrogen and oxygen atoms in total. The van der Waals surface area contributed by atoms with Gasteiger partial charge in [-0.3, -0.25) is 4.79 Å². The lowest BCUT2D eigenvalue weighted by Gasteiger charge is -2.24. The Hall–Kier alpha value is -4.14. The number of hydrogen-bond acceptors (Lipinski definition) is 7.